The number of alkyl halides is 3. The maximum absolute atomic E-state index is 12.3. The molecule has 0 unspecified atom stereocenters. The van der Waals surface area contributed by atoms with E-state index in [2.05, 4.69) is 4.98 Å². The topological polar surface area (TPSA) is 64.1 Å². The van der Waals surface area contributed by atoms with Gasteiger partial charge in [0.25, 0.3) is 0 Å². The van der Waals surface area contributed by atoms with Crippen LogP contribution in [0.2, 0.25) is 5.02 Å². The van der Waals surface area contributed by atoms with Crippen LogP contribution in [0.4, 0.5) is 13.2 Å². The third-order valence-electron chi connectivity index (χ3n) is 1.90. The largest absolute Gasteiger partial charge is 0.417 e. The number of halogens is 4. The Hall–Kier alpha value is -1.76. The smallest absolute Gasteiger partial charge is 0.295 e. The second-order valence-corrected chi connectivity index (χ2v) is 3.64. The lowest BCUT2D eigenvalue weighted by Gasteiger charge is -2.07. The molecule has 0 aromatic carbocycles. The molecule has 96 valence electrons. The SMILES string of the molecule is O=CC(=O)CC(=O)c1ncc(C(F)(F)F)cc1Cl. The molecule has 1 heterocycles. The van der Waals surface area contributed by atoms with Gasteiger partial charge in [-0.1, -0.05) is 11.6 Å². The van der Waals surface area contributed by atoms with Crippen molar-refractivity contribution in [3.63, 3.8) is 0 Å². The first kappa shape index (κ1) is 14.3. The number of carbonyl (C=O) groups is 3. The van der Waals surface area contributed by atoms with E-state index in [1.807, 2.05) is 0 Å². The zero-order chi connectivity index (χ0) is 13.9. The lowest BCUT2D eigenvalue weighted by molar-refractivity contribution is -0.137. The lowest BCUT2D eigenvalue weighted by Crippen LogP contribution is -2.13. The average Bonchev–Trinajstić information content (AvgIpc) is 2.27. The first-order valence-electron chi connectivity index (χ1n) is 4.49. The van der Waals surface area contributed by atoms with Gasteiger partial charge in [0.2, 0.25) is 5.78 Å². The predicted molar refractivity (Wildman–Crippen MR) is 54.3 cm³/mol. The summed E-state index contributed by atoms with van der Waals surface area (Å²) in [7, 11) is 0. The molecule has 0 spiro atoms. The molecule has 0 fully saturated rings. The maximum Gasteiger partial charge on any atom is 0.417 e. The van der Waals surface area contributed by atoms with Gasteiger partial charge in [0.05, 0.1) is 17.0 Å². The molecule has 0 radical (unpaired) electrons. The predicted octanol–water partition coefficient (Wildman–Crippen LogP) is 2.09. The van der Waals surface area contributed by atoms with Gasteiger partial charge < -0.3 is 0 Å². The van der Waals surface area contributed by atoms with E-state index in [1.165, 1.54) is 0 Å². The first-order valence-corrected chi connectivity index (χ1v) is 4.87. The Morgan fingerprint density at radius 3 is 2.44 bits per heavy atom. The number of nitrogens with zero attached hydrogens (tertiary/aromatic N) is 1. The third-order valence-corrected chi connectivity index (χ3v) is 2.19. The van der Waals surface area contributed by atoms with Crippen LogP contribution in [-0.2, 0) is 15.8 Å². The van der Waals surface area contributed by atoms with Crippen LogP contribution in [0.1, 0.15) is 22.5 Å². The molecule has 0 bridgehead atoms. The van der Waals surface area contributed by atoms with E-state index in [0.717, 1.165) is 0 Å². The van der Waals surface area contributed by atoms with Crippen molar-refractivity contribution in [1.82, 2.24) is 4.98 Å². The second-order valence-electron chi connectivity index (χ2n) is 3.24. The van der Waals surface area contributed by atoms with Crippen LogP contribution in [0.5, 0.6) is 0 Å². The fourth-order valence-corrected chi connectivity index (χ4v) is 1.35. The molecule has 1 rings (SSSR count). The minimum Gasteiger partial charge on any atom is -0.295 e. The van der Waals surface area contributed by atoms with Gasteiger partial charge in [-0.25, -0.2) is 0 Å². The van der Waals surface area contributed by atoms with Crippen molar-refractivity contribution >= 4 is 29.5 Å². The van der Waals surface area contributed by atoms with Gasteiger partial charge in [-0.3, -0.25) is 19.4 Å². The molecule has 1 aromatic rings. The Labute approximate surface area is 104 Å². The van der Waals surface area contributed by atoms with Crippen LogP contribution in [0.25, 0.3) is 0 Å². The van der Waals surface area contributed by atoms with E-state index in [-0.39, 0.29) is 6.29 Å². The number of hydrogen-bond acceptors (Lipinski definition) is 4. The molecule has 0 amide bonds. The van der Waals surface area contributed by atoms with E-state index < -0.39 is 40.4 Å². The number of aldehydes is 1. The molecular weight excluding hydrogens is 275 g/mol. The van der Waals surface area contributed by atoms with Gasteiger partial charge in [-0.2, -0.15) is 13.2 Å². The molecule has 0 aliphatic carbocycles. The zero-order valence-corrected chi connectivity index (χ0v) is 9.38. The zero-order valence-electron chi connectivity index (χ0n) is 8.62. The highest BCUT2D eigenvalue weighted by atomic mass is 35.5. The van der Waals surface area contributed by atoms with Crippen molar-refractivity contribution in [2.75, 3.05) is 0 Å². The number of hydrogen-bond donors (Lipinski definition) is 0. The highest BCUT2D eigenvalue weighted by molar-refractivity contribution is 6.36. The van der Waals surface area contributed by atoms with Crippen molar-refractivity contribution in [3.8, 4) is 0 Å². The Morgan fingerprint density at radius 1 is 1.39 bits per heavy atom. The lowest BCUT2D eigenvalue weighted by atomic mass is 10.1. The summed E-state index contributed by atoms with van der Waals surface area (Å²) < 4.78 is 36.8. The van der Waals surface area contributed by atoms with E-state index in [0.29, 0.717) is 12.3 Å². The van der Waals surface area contributed by atoms with Crippen molar-refractivity contribution in [3.05, 3.63) is 28.5 Å². The van der Waals surface area contributed by atoms with E-state index in [1.54, 1.807) is 0 Å². The third kappa shape index (κ3) is 3.36. The molecule has 0 saturated heterocycles. The Balaban J connectivity index is 3.03. The number of Topliss-reactive ketones (excluding diaryl/α,β-unsaturated/α-hetero) is 2. The van der Waals surface area contributed by atoms with Gasteiger partial charge in [-0.05, 0) is 6.07 Å². The standard InChI is InChI=1S/C10H5ClF3NO3/c11-7-1-5(10(12,13)14)3-15-9(7)8(18)2-6(17)4-16/h1,3-4H,2H2. The summed E-state index contributed by atoms with van der Waals surface area (Å²) >= 11 is 5.47. The van der Waals surface area contributed by atoms with Gasteiger partial charge in [0, 0.05) is 6.20 Å². The van der Waals surface area contributed by atoms with Crippen molar-refractivity contribution in [2.45, 2.75) is 12.6 Å². The number of rotatable bonds is 4. The Bertz CT molecular complexity index is 514. The number of carbonyl (C=O) groups excluding carboxylic acids is 3. The first-order chi connectivity index (χ1) is 8.25. The van der Waals surface area contributed by atoms with Crippen molar-refractivity contribution < 1.29 is 27.6 Å². The summed E-state index contributed by atoms with van der Waals surface area (Å²) in [5.74, 6) is -1.91. The number of pyridine rings is 1. The second kappa shape index (κ2) is 5.26. The molecular formula is C10H5ClF3NO3. The van der Waals surface area contributed by atoms with Crippen LogP contribution in [0.15, 0.2) is 12.3 Å². The molecule has 0 aliphatic rings. The summed E-state index contributed by atoms with van der Waals surface area (Å²) in [6, 6.07) is 0.535. The number of aromatic nitrogens is 1. The molecule has 8 heteroatoms. The van der Waals surface area contributed by atoms with E-state index >= 15 is 0 Å². The normalized spacial score (nSPS) is 11.1. The minimum absolute atomic E-state index is 0.0596. The van der Waals surface area contributed by atoms with Crippen molar-refractivity contribution in [2.24, 2.45) is 0 Å². The summed E-state index contributed by atoms with van der Waals surface area (Å²) in [5, 5.41) is -0.520. The van der Waals surface area contributed by atoms with Gasteiger partial charge in [0.1, 0.15) is 5.69 Å². The maximum atomic E-state index is 12.3. The molecule has 1 aromatic heterocycles. The Kier molecular flexibility index (Phi) is 4.18. The van der Waals surface area contributed by atoms with Gasteiger partial charge >= 0.3 is 6.18 Å². The van der Waals surface area contributed by atoms with Gasteiger partial charge in [-0.15, -0.1) is 0 Å². The summed E-state index contributed by atoms with van der Waals surface area (Å²) in [4.78, 5) is 35.4. The summed E-state index contributed by atoms with van der Waals surface area (Å²) in [5.41, 5.74) is -1.58. The molecule has 18 heavy (non-hydrogen) atoms. The average molecular weight is 280 g/mol. The molecule has 0 saturated carbocycles. The molecule has 0 aliphatic heterocycles. The highest BCUT2D eigenvalue weighted by Crippen LogP contribution is 2.31. The fraction of sp³-hybridized carbons (Fsp3) is 0.200. The van der Waals surface area contributed by atoms with E-state index in [9.17, 15) is 27.6 Å². The van der Waals surface area contributed by atoms with Crippen molar-refractivity contribution in [1.29, 1.82) is 0 Å². The summed E-state index contributed by atoms with van der Waals surface area (Å²) in [6.07, 6.45) is -5.03. The van der Waals surface area contributed by atoms with Gasteiger partial charge in [0.15, 0.2) is 12.1 Å². The highest BCUT2D eigenvalue weighted by Gasteiger charge is 2.32. The Morgan fingerprint density at radius 2 is 2.00 bits per heavy atom. The van der Waals surface area contributed by atoms with E-state index in [4.69, 9.17) is 11.6 Å². The van der Waals surface area contributed by atoms with Crippen LogP contribution >= 0.6 is 11.6 Å². The molecule has 0 N–H and O–H groups in total. The minimum atomic E-state index is -4.63. The van der Waals surface area contributed by atoms with Crippen LogP contribution in [0.3, 0.4) is 0 Å². The van der Waals surface area contributed by atoms with Crippen LogP contribution in [0, 0.1) is 0 Å². The summed E-state index contributed by atoms with van der Waals surface area (Å²) in [6.45, 7) is 0. The molecule has 4 nitrogen and oxygen atoms in total. The fourth-order valence-electron chi connectivity index (χ4n) is 1.08. The quantitative estimate of drug-likeness (QED) is 0.366. The monoisotopic (exact) mass is 279 g/mol. The van der Waals surface area contributed by atoms with Crippen LogP contribution in [-0.4, -0.2) is 22.8 Å². The molecule has 0 atom stereocenters. The number of ketones is 2. The van der Waals surface area contributed by atoms with Crippen LogP contribution < -0.4 is 0 Å².